The normalized spacial score (nSPS) is 19.4. The summed E-state index contributed by atoms with van der Waals surface area (Å²) in [4.78, 5) is 1.55. The Labute approximate surface area is 112 Å². The van der Waals surface area contributed by atoms with Gasteiger partial charge in [-0.1, -0.05) is 0 Å². The number of hydrogen-bond acceptors (Lipinski definition) is 2. The van der Waals surface area contributed by atoms with Gasteiger partial charge in [0.15, 0.2) is 23.3 Å². The molecule has 1 heterocycles. The second kappa shape index (κ2) is 5.29. The van der Waals surface area contributed by atoms with Gasteiger partial charge in [-0.2, -0.15) is 0 Å². The van der Waals surface area contributed by atoms with E-state index in [4.69, 9.17) is 0 Å². The highest BCUT2D eigenvalue weighted by Crippen LogP contribution is 2.27. The number of rotatable bonds is 2. The largest absolute Gasteiger partial charge is 0.390 e. The molecule has 0 amide bonds. The van der Waals surface area contributed by atoms with Crippen LogP contribution in [0.15, 0.2) is 0 Å². The second-order valence-electron chi connectivity index (χ2n) is 5.32. The molecule has 2 rings (SSSR count). The van der Waals surface area contributed by atoms with Gasteiger partial charge < -0.3 is 5.11 Å². The third-order valence-corrected chi connectivity index (χ3v) is 3.62. The molecule has 0 radical (unpaired) electrons. The van der Waals surface area contributed by atoms with E-state index in [-0.39, 0.29) is 6.54 Å². The van der Waals surface area contributed by atoms with Crippen LogP contribution in [0.5, 0.6) is 0 Å². The molecular formula is C13H14F5NO. The number of benzene rings is 1. The minimum Gasteiger partial charge on any atom is -0.390 e. The molecule has 0 atom stereocenters. The highest BCUT2D eigenvalue weighted by Gasteiger charge is 2.30. The fourth-order valence-electron chi connectivity index (χ4n) is 2.21. The molecule has 112 valence electrons. The number of hydrogen-bond donors (Lipinski definition) is 1. The van der Waals surface area contributed by atoms with Crippen molar-refractivity contribution in [1.82, 2.24) is 4.90 Å². The first-order chi connectivity index (χ1) is 9.23. The molecule has 1 aliphatic heterocycles. The van der Waals surface area contributed by atoms with Gasteiger partial charge in [-0.3, -0.25) is 4.90 Å². The molecule has 0 saturated carbocycles. The number of nitrogens with zero attached hydrogens (tertiary/aromatic N) is 1. The molecule has 7 heteroatoms. The van der Waals surface area contributed by atoms with E-state index in [9.17, 15) is 27.1 Å². The molecule has 1 saturated heterocycles. The van der Waals surface area contributed by atoms with E-state index in [1.807, 2.05) is 0 Å². The molecule has 0 aliphatic carbocycles. The Bertz CT molecular complexity index is 493. The minimum absolute atomic E-state index is 0.326. The van der Waals surface area contributed by atoms with Crippen molar-refractivity contribution in [3.8, 4) is 0 Å². The van der Waals surface area contributed by atoms with Gasteiger partial charge in [-0.15, -0.1) is 0 Å². The highest BCUT2D eigenvalue weighted by atomic mass is 19.2. The Morgan fingerprint density at radius 1 is 0.900 bits per heavy atom. The maximum Gasteiger partial charge on any atom is 0.200 e. The summed E-state index contributed by atoms with van der Waals surface area (Å²) in [6.45, 7) is 1.92. The van der Waals surface area contributed by atoms with E-state index in [1.54, 1.807) is 11.8 Å². The second-order valence-corrected chi connectivity index (χ2v) is 5.32. The van der Waals surface area contributed by atoms with Gasteiger partial charge in [-0.25, -0.2) is 22.0 Å². The van der Waals surface area contributed by atoms with E-state index in [2.05, 4.69) is 0 Å². The molecule has 0 spiro atoms. The summed E-state index contributed by atoms with van der Waals surface area (Å²) in [6.07, 6.45) is 0.755. The Hall–Kier alpha value is -1.21. The fourth-order valence-corrected chi connectivity index (χ4v) is 2.21. The average Bonchev–Trinajstić information content (AvgIpc) is 2.41. The first-order valence-corrected chi connectivity index (χ1v) is 6.18. The van der Waals surface area contributed by atoms with Crippen molar-refractivity contribution in [2.75, 3.05) is 13.1 Å². The summed E-state index contributed by atoms with van der Waals surface area (Å²) in [7, 11) is 0. The van der Waals surface area contributed by atoms with Gasteiger partial charge in [0.2, 0.25) is 5.82 Å². The summed E-state index contributed by atoms with van der Waals surface area (Å²) in [5.41, 5.74) is -1.68. The molecule has 0 aromatic heterocycles. The van der Waals surface area contributed by atoms with Gasteiger partial charge in [0.05, 0.1) is 5.60 Å². The summed E-state index contributed by atoms with van der Waals surface area (Å²) < 4.78 is 66.0. The van der Waals surface area contributed by atoms with E-state index in [1.165, 1.54) is 0 Å². The van der Waals surface area contributed by atoms with Crippen LogP contribution in [0.2, 0.25) is 0 Å². The van der Waals surface area contributed by atoms with Crippen LogP contribution in [0.3, 0.4) is 0 Å². The van der Waals surface area contributed by atoms with Gasteiger partial charge >= 0.3 is 0 Å². The van der Waals surface area contributed by atoms with Crippen LogP contribution in [0.25, 0.3) is 0 Å². The zero-order valence-electron chi connectivity index (χ0n) is 10.8. The van der Waals surface area contributed by atoms with Crippen LogP contribution in [0.4, 0.5) is 22.0 Å². The van der Waals surface area contributed by atoms with Gasteiger partial charge in [-0.05, 0) is 19.8 Å². The van der Waals surface area contributed by atoms with E-state index in [0.717, 1.165) is 0 Å². The summed E-state index contributed by atoms with van der Waals surface area (Å²) in [5, 5.41) is 9.75. The maximum absolute atomic E-state index is 13.5. The predicted molar refractivity (Wildman–Crippen MR) is 61.4 cm³/mol. The Balaban J connectivity index is 2.23. The summed E-state index contributed by atoms with van der Waals surface area (Å²) >= 11 is 0. The smallest absolute Gasteiger partial charge is 0.200 e. The lowest BCUT2D eigenvalue weighted by atomic mass is 9.93. The SMILES string of the molecule is CC1(O)CCN(Cc2c(F)c(F)c(F)c(F)c2F)CC1. The molecule has 0 bridgehead atoms. The fraction of sp³-hybridized carbons (Fsp3) is 0.538. The molecule has 20 heavy (non-hydrogen) atoms. The monoisotopic (exact) mass is 295 g/mol. The van der Waals surface area contributed by atoms with Gasteiger partial charge in [0.25, 0.3) is 0 Å². The van der Waals surface area contributed by atoms with Crippen molar-refractivity contribution >= 4 is 0 Å². The molecule has 2 nitrogen and oxygen atoms in total. The average molecular weight is 295 g/mol. The zero-order chi connectivity index (χ0) is 15.1. The lowest BCUT2D eigenvalue weighted by molar-refractivity contribution is -0.00783. The van der Waals surface area contributed by atoms with E-state index in [0.29, 0.717) is 25.9 Å². The zero-order valence-corrected chi connectivity index (χ0v) is 10.8. The molecule has 1 aliphatic rings. The van der Waals surface area contributed by atoms with Crippen LogP contribution in [-0.4, -0.2) is 28.7 Å². The van der Waals surface area contributed by atoms with Crippen LogP contribution in [-0.2, 0) is 6.54 Å². The molecular weight excluding hydrogens is 281 g/mol. The van der Waals surface area contributed by atoms with Crippen LogP contribution in [0, 0.1) is 29.1 Å². The lowest BCUT2D eigenvalue weighted by Crippen LogP contribution is -2.42. The van der Waals surface area contributed by atoms with Crippen molar-refractivity contribution in [3.63, 3.8) is 0 Å². The first-order valence-electron chi connectivity index (χ1n) is 6.18. The number of likely N-dealkylation sites (tertiary alicyclic amines) is 1. The molecule has 1 aromatic carbocycles. The highest BCUT2D eigenvalue weighted by molar-refractivity contribution is 5.24. The Kier molecular flexibility index (Phi) is 4.02. The number of halogens is 5. The molecule has 0 unspecified atom stereocenters. The Morgan fingerprint density at radius 3 is 1.75 bits per heavy atom. The van der Waals surface area contributed by atoms with E-state index < -0.39 is 40.3 Å². The van der Waals surface area contributed by atoms with Crippen molar-refractivity contribution in [3.05, 3.63) is 34.6 Å². The third-order valence-electron chi connectivity index (χ3n) is 3.62. The van der Waals surface area contributed by atoms with Crippen molar-refractivity contribution < 1.29 is 27.1 Å². The van der Waals surface area contributed by atoms with Crippen LogP contribution in [0.1, 0.15) is 25.3 Å². The van der Waals surface area contributed by atoms with Crippen LogP contribution >= 0.6 is 0 Å². The quantitative estimate of drug-likeness (QED) is 0.515. The van der Waals surface area contributed by atoms with E-state index >= 15 is 0 Å². The molecule has 1 aromatic rings. The maximum atomic E-state index is 13.5. The first kappa shape index (κ1) is 15.2. The van der Waals surface area contributed by atoms with Crippen molar-refractivity contribution in [2.24, 2.45) is 0 Å². The van der Waals surface area contributed by atoms with Gasteiger partial charge in [0.1, 0.15) is 0 Å². The number of piperidine rings is 1. The molecule has 1 fully saturated rings. The van der Waals surface area contributed by atoms with Crippen molar-refractivity contribution in [1.29, 1.82) is 0 Å². The number of aliphatic hydroxyl groups is 1. The predicted octanol–water partition coefficient (Wildman–Crippen LogP) is 2.73. The summed E-state index contributed by atoms with van der Waals surface area (Å²) in [5.74, 6) is -9.59. The summed E-state index contributed by atoms with van der Waals surface area (Å²) in [6, 6.07) is 0. The third kappa shape index (κ3) is 2.78. The van der Waals surface area contributed by atoms with Gasteiger partial charge in [0, 0.05) is 25.2 Å². The van der Waals surface area contributed by atoms with Crippen LogP contribution < -0.4 is 0 Å². The Morgan fingerprint density at radius 2 is 1.30 bits per heavy atom. The standard InChI is InChI=1S/C13H14F5NO/c1-13(20)2-4-19(5-3-13)6-7-8(14)10(16)12(18)11(17)9(7)15/h20H,2-6H2,1H3. The molecule has 1 N–H and O–H groups in total. The lowest BCUT2D eigenvalue weighted by Gasteiger charge is -2.35. The topological polar surface area (TPSA) is 23.5 Å². The van der Waals surface area contributed by atoms with Crippen molar-refractivity contribution in [2.45, 2.75) is 31.9 Å². The minimum atomic E-state index is -2.15.